The number of thioether (sulfide) groups is 1. The molecule has 26 heavy (non-hydrogen) atoms. The van der Waals surface area contributed by atoms with Crippen molar-refractivity contribution in [2.45, 2.75) is 38.1 Å². The van der Waals surface area contributed by atoms with Crippen LogP contribution in [0.25, 0.3) is 0 Å². The summed E-state index contributed by atoms with van der Waals surface area (Å²) in [4.78, 5) is 13.3. The average molecular weight is 374 g/mol. The van der Waals surface area contributed by atoms with E-state index >= 15 is 0 Å². The van der Waals surface area contributed by atoms with Gasteiger partial charge in [-0.15, -0.1) is 11.8 Å². The van der Waals surface area contributed by atoms with E-state index in [9.17, 15) is 4.79 Å². The van der Waals surface area contributed by atoms with Crippen LogP contribution in [0.1, 0.15) is 37.4 Å². The largest absolute Gasteiger partial charge is 0.493 e. The molecule has 1 unspecified atom stereocenters. The third-order valence-corrected chi connectivity index (χ3v) is 4.93. The van der Waals surface area contributed by atoms with Crippen molar-refractivity contribution < 1.29 is 14.3 Å². The average Bonchev–Trinajstić information content (AvgIpc) is 2.65. The molecule has 2 rings (SSSR count). The highest BCUT2D eigenvalue weighted by molar-refractivity contribution is 8.00. The number of aryl methyl sites for hydroxylation is 1. The Balaban J connectivity index is 1.92. The third kappa shape index (κ3) is 5.99. The summed E-state index contributed by atoms with van der Waals surface area (Å²) in [7, 11) is 1.62. The molecule has 0 saturated heterocycles. The van der Waals surface area contributed by atoms with Crippen molar-refractivity contribution in [2.24, 2.45) is 0 Å². The molecule has 0 spiro atoms. The smallest absolute Gasteiger partial charge is 0.230 e. The van der Waals surface area contributed by atoms with E-state index in [-0.39, 0.29) is 11.9 Å². The highest BCUT2D eigenvalue weighted by Crippen LogP contribution is 2.30. The summed E-state index contributed by atoms with van der Waals surface area (Å²) in [5, 5.41) is 3.04. The SMILES string of the molecule is CCCOc1ccc(C(C)NC(=O)CSc2ccc(C)cc2)cc1OC. The number of amides is 1. The normalized spacial score (nSPS) is 11.7. The van der Waals surface area contributed by atoms with Gasteiger partial charge in [-0.1, -0.05) is 30.7 Å². The van der Waals surface area contributed by atoms with Gasteiger partial charge in [-0.05, 0) is 50.1 Å². The van der Waals surface area contributed by atoms with Crippen molar-refractivity contribution in [2.75, 3.05) is 19.5 Å². The van der Waals surface area contributed by atoms with Crippen LogP contribution in [0.4, 0.5) is 0 Å². The van der Waals surface area contributed by atoms with Crippen molar-refractivity contribution in [1.82, 2.24) is 5.32 Å². The first kappa shape index (κ1) is 20.2. The Morgan fingerprint density at radius 3 is 2.54 bits per heavy atom. The fourth-order valence-corrected chi connectivity index (χ4v) is 3.14. The van der Waals surface area contributed by atoms with Gasteiger partial charge in [-0.2, -0.15) is 0 Å². The quantitative estimate of drug-likeness (QED) is 0.644. The van der Waals surface area contributed by atoms with Gasteiger partial charge in [0.2, 0.25) is 5.91 Å². The number of carbonyl (C=O) groups excluding carboxylic acids is 1. The second-order valence-corrected chi connectivity index (χ2v) is 7.20. The third-order valence-electron chi connectivity index (χ3n) is 3.92. The predicted molar refractivity (Wildman–Crippen MR) is 107 cm³/mol. The minimum Gasteiger partial charge on any atom is -0.493 e. The topological polar surface area (TPSA) is 47.6 Å². The molecule has 0 aromatic heterocycles. The van der Waals surface area contributed by atoms with Crippen molar-refractivity contribution in [3.8, 4) is 11.5 Å². The lowest BCUT2D eigenvalue weighted by molar-refractivity contribution is -0.119. The molecule has 2 aromatic carbocycles. The van der Waals surface area contributed by atoms with E-state index < -0.39 is 0 Å². The summed E-state index contributed by atoms with van der Waals surface area (Å²) >= 11 is 1.54. The lowest BCUT2D eigenvalue weighted by Crippen LogP contribution is -2.28. The number of nitrogens with one attached hydrogen (secondary N) is 1. The number of ether oxygens (including phenoxy) is 2. The molecule has 0 aliphatic carbocycles. The number of hydrogen-bond donors (Lipinski definition) is 1. The Morgan fingerprint density at radius 2 is 1.88 bits per heavy atom. The van der Waals surface area contributed by atoms with E-state index in [2.05, 4.69) is 31.3 Å². The zero-order valence-corrected chi connectivity index (χ0v) is 16.7. The Morgan fingerprint density at radius 1 is 1.15 bits per heavy atom. The second kappa shape index (κ2) is 10.1. The molecule has 0 heterocycles. The van der Waals surface area contributed by atoms with Gasteiger partial charge in [0, 0.05) is 4.90 Å². The van der Waals surface area contributed by atoms with Crippen LogP contribution < -0.4 is 14.8 Å². The molecule has 0 aliphatic heterocycles. The van der Waals surface area contributed by atoms with E-state index in [4.69, 9.17) is 9.47 Å². The Bertz CT molecular complexity index is 716. The minimum absolute atomic E-state index is 0.00773. The maximum absolute atomic E-state index is 12.2. The first-order chi connectivity index (χ1) is 12.5. The van der Waals surface area contributed by atoms with Crippen LogP contribution >= 0.6 is 11.8 Å². The summed E-state index contributed by atoms with van der Waals surface area (Å²) in [5.41, 5.74) is 2.20. The molecule has 0 radical (unpaired) electrons. The van der Waals surface area contributed by atoms with Gasteiger partial charge >= 0.3 is 0 Å². The van der Waals surface area contributed by atoms with Crippen molar-refractivity contribution in [3.05, 3.63) is 53.6 Å². The fraction of sp³-hybridized carbons (Fsp3) is 0.381. The maximum Gasteiger partial charge on any atom is 0.230 e. The molecule has 140 valence electrons. The molecule has 1 amide bonds. The monoisotopic (exact) mass is 373 g/mol. The van der Waals surface area contributed by atoms with Crippen LogP contribution in [-0.2, 0) is 4.79 Å². The Kier molecular flexibility index (Phi) is 7.85. The number of methoxy groups -OCH3 is 1. The molecule has 0 saturated carbocycles. The summed E-state index contributed by atoms with van der Waals surface area (Å²) in [6.07, 6.45) is 0.940. The molecule has 5 heteroatoms. The summed E-state index contributed by atoms with van der Waals surface area (Å²) in [6, 6.07) is 13.9. The van der Waals surface area contributed by atoms with Crippen LogP contribution in [0.3, 0.4) is 0 Å². The van der Waals surface area contributed by atoms with E-state index in [1.54, 1.807) is 7.11 Å². The number of hydrogen-bond acceptors (Lipinski definition) is 4. The zero-order valence-electron chi connectivity index (χ0n) is 15.9. The number of carbonyl (C=O) groups is 1. The summed E-state index contributed by atoms with van der Waals surface area (Å²) in [6.45, 7) is 6.73. The molecular formula is C21H27NO3S. The molecular weight excluding hydrogens is 346 g/mol. The van der Waals surface area contributed by atoms with Gasteiger partial charge in [-0.3, -0.25) is 4.79 Å². The van der Waals surface area contributed by atoms with Crippen molar-refractivity contribution >= 4 is 17.7 Å². The summed E-state index contributed by atoms with van der Waals surface area (Å²) < 4.78 is 11.1. The van der Waals surface area contributed by atoms with Gasteiger partial charge in [0.05, 0.1) is 25.5 Å². The maximum atomic E-state index is 12.2. The van der Waals surface area contributed by atoms with Gasteiger partial charge in [0.25, 0.3) is 0 Å². The summed E-state index contributed by atoms with van der Waals surface area (Å²) in [5.74, 6) is 1.81. The Labute approximate surface area is 160 Å². The van der Waals surface area contributed by atoms with Gasteiger partial charge in [0.1, 0.15) is 0 Å². The van der Waals surface area contributed by atoms with Crippen LogP contribution in [-0.4, -0.2) is 25.4 Å². The van der Waals surface area contributed by atoms with Crippen LogP contribution in [0.2, 0.25) is 0 Å². The van der Waals surface area contributed by atoms with Gasteiger partial charge < -0.3 is 14.8 Å². The second-order valence-electron chi connectivity index (χ2n) is 6.15. The highest BCUT2D eigenvalue weighted by atomic mass is 32.2. The molecule has 1 N–H and O–H groups in total. The van der Waals surface area contributed by atoms with E-state index in [0.29, 0.717) is 18.1 Å². The fourth-order valence-electron chi connectivity index (χ4n) is 2.43. The van der Waals surface area contributed by atoms with E-state index in [0.717, 1.165) is 22.6 Å². The molecule has 4 nitrogen and oxygen atoms in total. The minimum atomic E-state index is -0.102. The van der Waals surface area contributed by atoms with Crippen molar-refractivity contribution in [3.63, 3.8) is 0 Å². The van der Waals surface area contributed by atoms with Crippen LogP contribution in [0.15, 0.2) is 47.4 Å². The predicted octanol–water partition coefficient (Wildman–Crippen LogP) is 4.76. The van der Waals surface area contributed by atoms with Crippen LogP contribution in [0.5, 0.6) is 11.5 Å². The molecule has 0 fully saturated rings. The van der Waals surface area contributed by atoms with Gasteiger partial charge in [0.15, 0.2) is 11.5 Å². The van der Waals surface area contributed by atoms with Crippen LogP contribution in [0, 0.1) is 6.92 Å². The van der Waals surface area contributed by atoms with Gasteiger partial charge in [-0.25, -0.2) is 0 Å². The molecule has 0 aliphatic rings. The first-order valence-electron chi connectivity index (χ1n) is 8.83. The first-order valence-corrected chi connectivity index (χ1v) is 9.81. The highest BCUT2D eigenvalue weighted by Gasteiger charge is 2.13. The number of rotatable bonds is 9. The lowest BCUT2D eigenvalue weighted by Gasteiger charge is -2.17. The molecule has 2 aromatic rings. The Hall–Kier alpha value is -2.14. The van der Waals surface area contributed by atoms with E-state index in [1.165, 1.54) is 17.3 Å². The van der Waals surface area contributed by atoms with Crippen molar-refractivity contribution in [1.29, 1.82) is 0 Å². The lowest BCUT2D eigenvalue weighted by atomic mass is 10.1. The molecule has 1 atom stereocenters. The standard InChI is InChI=1S/C21H27NO3S/c1-5-12-25-19-11-8-17(13-20(19)24-4)16(3)22-21(23)14-26-18-9-6-15(2)7-10-18/h6-11,13,16H,5,12,14H2,1-4H3,(H,22,23). The van der Waals surface area contributed by atoms with E-state index in [1.807, 2.05) is 37.3 Å². The number of benzene rings is 2. The zero-order chi connectivity index (χ0) is 18.9. The molecule has 0 bridgehead atoms.